The largest absolute Gasteiger partial charge is 0.401 e. The molecule has 0 aromatic heterocycles. The van der Waals surface area contributed by atoms with E-state index in [-0.39, 0.29) is 0 Å². The van der Waals surface area contributed by atoms with E-state index >= 15 is 0 Å². The molecule has 0 amide bonds. The van der Waals surface area contributed by atoms with Crippen LogP contribution in [0.3, 0.4) is 0 Å². The Morgan fingerprint density at radius 3 is 2.08 bits per heavy atom. The van der Waals surface area contributed by atoms with Gasteiger partial charge in [-0.15, -0.1) is 0 Å². The Bertz CT molecular complexity index is 191. The molecule has 12 heavy (non-hydrogen) atoms. The van der Waals surface area contributed by atoms with E-state index in [1.165, 1.54) is 0 Å². The van der Waals surface area contributed by atoms with E-state index in [1.807, 2.05) is 0 Å². The molecule has 0 saturated heterocycles. The molecule has 0 aliphatic heterocycles. The van der Waals surface area contributed by atoms with Crippen LogP contribution in [0, 0.1) is 0 Å². The SMILES string of the molecule is C=CC(=S)N[Si](C)(C)C(C)(C)C. The van der Waals surface area contributed by atoms with Crippen molar-refractivity contribution in [3.63, 3.8) is 0 Å². The number of hydrogen-bond acceptors (Lipinski definition) is 1. The molecule has 3 heteroatoms. The minimum absolute atomic E-state index is 0.320. The number of nitrogens with one attached hydrogen (secondary N) is 1. The Hall–Kier alpha value is -0.153. The highest BCUT2D eigenvalue weighted by Crippen LogP contribution is 2.33. The van der Waals surface area contributed by atoms with E-state index in [0.717, 1.165) is 4.99 Å². The van der Waals surface area contributed by atoms with Crippen LogP contribution in [0.25, 0.3) is 0 Å². The van der Waals surface area contributed by atoms with Crippen LogP contribution in [0.1, 0.15) is 20.8 Å². The standard InChI is InChI=1S/C9H19NSSi/c1-7-8(11)10-12(5,6)9(2,3)4/h7H,1H2,2-6H3,(H,10,11). The molecule has 70 valence electrons. The van der Waals surface area contributed by atoms with Gasteiger partial charge in [-0.3, -0.25) is 0 Å². The van der Waals surface area contributed by atoms with Crippen LogP contribution < -0.4 is 4.98 Å². The summed E-state index contributed by atoms with van der Waals surface area (Å²) in [5.41, 5.74) is 0. The van der Waals surface area contributed by atoms with E-state index in [4.69, 9.17) is 12.2 Å². The summed E-state index contributed by atoms with van der Waals surface area (Å²) in [6.45, 7) is 15.0. The highest BCUT2D eigenvalue weighted by Gasteiger charge is 2.35. The predicted molar refractivity (Wildman–Crippen MR) is 63.1 cm³/mol. The van der Waals surface area contributed by atoms with Crippen LogP contribution in [-0.2, 0) is 0 Å². The number of hydrogen-bond donors (Lipinski definition) is 1. The van der Waals surface area contributed by atoms with Gasteiger partial charge in [0.15, 0.2) is 8.24 Å². The summed E-state index contributed by atoms with van der Waals surface area (Å²) >= 11 is 5.08. The average Bonchev–Trinajstić information content (AvgIpc) is 1.84. The van der Waals surface area contributed by atoms with Crippen molar-refractivity contribution in [2.45, 2.75) is 38.9 Å². The van der Waals surface area contributed by atoms with Crippen LogP contribution >= 0.6 is 12.2 Å². The second kappa shape index (κ2) is 3.71. The predicted octanol–water partition coefficient (Wildman–Crippen LogP) is 3.09. The normalized spacial score (nSPS) is 12.4. The molecule has 0 aliphatic rings. The number of thiocarbonyl (C=S) groups is 1. The first-order chi connectivity index (χ1) is 5.20. The topological polar surface area (TPSA) is 12.0 Å². The summed E-state index contributed by atoms with van der Waals surface area (Å²) in [5, 5.41) is 0.320. The summed E-state index contributed by atoms with van der Waals surface area (Å²) < 4.78 is 0. The minimum Gasteiger partial charge on any atom is -0.401 e. The molecule has 0 heterocycles. The van der Waals surface area contributed by atoms with Crippen molar-refractivity contribution >= 4 is 25.4 Å². The molecule has 0 atom stereocenters. The lowest BCUT2D eigenvalue weighted by Gasteiger charge is -2.37. The zero-order valence-electron chi connectivity index (χ0n) is 8.69. The van der Waals surface area contributed by atoms with Crippen molar-refractivity contribution < 1.29 is 0 Å². The monoisotopic (exact) mass is 201 g/mol. The van der Waals surface area contributed by atoms with E-state index in [1.54, 1.807) is 6.08 Å². The van der Waals surface area contributed by atoms with Crippen molar-refractivity contribution in [3.8, 4) is 0 Å². The third-order valence-electron chi connectivity index (χ3n) is 2.50. The fourth-order valence-corrected chi connectivity index (χ4v) is 2.41. The summed E-state index contributed by atoms with van der Waals surface area (Å²) in [4.78, 5) is 4.18. The first-order valence-electron chi connectivity index (χ1n) is 4.15. The lowest BCUT2D eigenvalue weighted by Crippen LogP contribution is -2.53. The average molecular weight is 201 g/mol. The lowest BCUT2D eigenvalue weighted by atomic mass is 10.2. The summed E-state index contributed by atoms with van der Waals surface area (Å²) in [6.07, 6.45) is 1.70. The molecule has 0 aromatic rings. The number of rotatable bonds is 2. The van der Waals surface area contributed by atoms with Gasteiger partial charge < -0.3 is 4.98 Å². The van der Waals surface area contributed by atoms with Gasteiger partial charge in [0, 0.05) is 0 Å². The maximum atomic E-state index is 5.08. The fraction of sp³-hybridized carbons (Fsp3) is 0.667. The van der Waals surface area contributed by atoms with Crippen LogP contribution in [-0.4, -0.2) is 13.2 Å². The van der Waals surface area contributed by atoms with Gasteiger partial charge in [-0.2, -0.15) is 0 Å². The molecule has 0 saturated carbocycles. The van der Waals surface area contributed by atoms with Crippen molar-refractivity contribution in [1.82, 2.24) is 4.98 Å². The van der Waals surface area contributed by atoms with Crippen LogP contribution in [0.4, 0.5) is 0 Å². The third kappa shape index (κ3) is 3.07. The van der Waals surface area contributed by atoms with E-state index in [2.05, 4.69) is 45.4 Å². The van der Waals surface area contributed by atoms with Gasteiger partial charge in [-0.1, -0.05) is 52.7 Å². The Balaban J connectivity index is 4.43. The molecular weight excluding hydrogens is 182 g/mol. The molecule has 0 radical (unpaired) electrons. The smallest absolute Gasteiger partial charge is 0.153 e. The van der Waals surface area contributed by atoms with Gasteiger partial charge in [0.25, 0.3) is 0 Å². The second-order valence-electron chi connectivity index (χ2n) is 4.57. The van der Waals surface area contributed by atoms with Gasteiger partial charge in [0.05, 0.1) is 4.99 Å². The van der Waals surface area contributed by atoms with E-state index in [0.29, 0.717) is 5.04 Å². The molecule has 1 N–H and O–H groups in total. The highest BCUT2D eigenvalue weighted by atomic mass is 32.1. The highest BCUT2D eigenvalue weighted by molar-refractivity contribution is 7.80. The summed E-state index contributed by atoms with van der Waals surface area (Å²) in [5.74, 6) is 0. The van der Waals surface area contributed by atoms with Gasteiger partial charge >= 0.3 is 0 Å². The van der Waals surface area contributed by atoms with Crippen molar-refractivity contribution in [3.05, 3.63) is 12.7 Å². The summed E-state index contributed by atoms with van der Waals surface area (Å²) in [7, 11) is -1.45. The Labute approximate surface area is 82.3 Å². The molecule has 0 bridgehead atoms. The van der Waals surface area contributed by atoms with Gasteiger partial charge in [-0.25, -0.2) is 0 Å². The third-order valence-corrected chi connectivity index (χ3v) is 7.59. The van der Waals surface area contributed by atoms with E-state index < -0.39 is 8.24 Å². The molecule has 0 spiro atoms. The van der Waals surface area contributed by atoms with Gasteiger partial charge in [0.1, 0.15) is 0 Å². The lowest BCUT2D eigenvalue weighted by molar-refractivity contribution is 0.710. The van der Waals surface area contributed by atoms with Crippen LogP contribution in [0.15, 0.2) is 12.7 Å². The fourth-order valence-electron chi connectivity index (χ4n) is 0.547. The van der Waals surface area contributed by atoms with Crippen molar-refractivity contribution in [2.24, 2.45) is 0 Å². The molecular formula is C9H19NSSi. The van der Waals surface area contributed by atoms with Gasteiger partial charge in [0.2, 0.25) is 0 Å². The maximum Gasteiger partial charge on any atom is 0.153 e. The van der Waals surface area contributed by atoms with Crippen LogP contribution in [0.5, 0.6) is 0 Å². The Kier molecular flexibility index (Phi) is 3.66. The molecule has 1 nitrogen and oxygen atoms in total. The maximum absolute atomic E-state index is 5.08. The first-order valence-corrected chi connectivity index (χ1v) is 7.56. The summed E-state index contributed by atoms with van der Waals surface area (Å²) in [6, 6.07) is 0. The molecule has 0 aromatic carbocycles. The quantitative estimate of drug-likeness (QED) is 0.418. The van der Waals surface area contributed by atoms with Crippen molar-refractivity contribution in [2.75, 3.05) is 0 Å². The Morgan fingerprint density at radius 2 is 1.83 bits per heavy atom. The van der Waals surface area contributed by atoms with Crippen LogP contribution in [0.2, 0.25) is 18.1 Å². The Morgan fingerprint density at radius 1 is 1.42 bits per heavy atom. The molecule has 0 rings (SSSR count). The first kappa shape index (κ1) is 11.8. The van der Waals surface area contributed by atoms with Crippen molar-refractivity contribution in [1.29, 1.82) is 0 Å². The van der Waals surface area contributed by atoms with E-state index in [9.17, 15) is 0 Å². The van der Waals surface area contributed by atoms with Gasteiger partial charge in [-0.05, 0) is 11.1 Å². The zero-order valence-corrected chi connectivity index (χ0v) is 10.5. The second-order valence-corrected chi connectivity index (χ2v) is 10.0. The minimum atomic E-state index is -1.45. The molecule has 0 aliphatic carbocycles. The zero-order chi connectivity index (χ0) is 9.99. The molecule has 0 fully saturated rings. The molecule has 0 unspecified atom stereocenters.